The average Bonchev–Trinajstić information content (AvgIpc) is 2.44. The summed E-state index contributed by atoms with van der Waals surface area (Å²) in [6.07, 6.45) is 4.19. The fourth-order valence-corrected chi connectivity index (χ4v) is 2.09. The molecule has 2 unspecified atom stereocenters. The van der Waals surface area contributed by atoms with Gasteiger partial charge in [-0.05, 0) is 31.5 Å². The first-order chi connectivity index (χ1) is 8.74. The van der Waals surface area contributed by atoms with Crippen molar-refractivity contribution in [2.24, 2.45) is 5.92 Å². The number of fused-ring (bicyclic) bond motifs is 1. The minimum Gasteiger partial charge on any atom is -0.312 e. The maximum atomic E-state index is 4.71. The first kappa shape index (κ1) is 13.0. The number of benzene rings is 1. The predicted octanol–water partition coefficient (Wildman–Crippen LogP) is 3.33. The van der Waals surface area contributed by atoms with Crippen molar-refractivity contribution < 1.29 is 0 Å². The first-order valence-electron chi connectivity index (χ1n) is 6.63. The Morgan fingerprint density at radius 1 is 1.22 bits per heavy atom. The quantitative estimate of drug-likeness (QED) is 0.875. The van der Waals surface area contributed by atoms with Crippen molar-refractivity contribution in [3.8, 4) is 0 Å². The summed E-state index contributed by atoms with van der Waals surface area (Å²) in [6.45, 7) is 4.50. The fourth-order valence-electron chi connectivity index (χ4n) is 2.09. The number of hydrogen-bond acceptors (Lipinski definition) is 3. The Kier molecular flexibility index (Phi) is 4.26. The van der Waals surface area contributed by atoms with Gasteiger partial charge in [-0.3, -0.25) is 4.98 Å². The first-order valence-corrected chi connectivity index (χ1v) is 6.63. The second-order valence-electron chi connectivity index (χ2n) is 4.87. The molecule has 2 rings (SSSR count). The van der Waals surface area contributed by atoms with Gasteiger partial charge < -0.3 is 5.32 Å². The van der Waals surface area contributed by atoms with Crippen LogP contribution in [0.3, 0.4) is 0 Å². The molecule has 0 saturated carbocycles. The molecule has 0 bridgehead atoms. The van der Waals surface area contributed by atoms with Gasteiger partial charge >= 0.3 is 0 Å². The highest BCUT2D eigenvalue weighted by Gasteiger charge is 2.14. The highest BCUT2D eigenvalue weighted by molar-refractivity contribution is 5.73. The Bertz CT molecular complexity index is 510. The summed E-state index contributed by atoms with van der Waals surface area (Å²) >= 11 is 0. The third kappa shape index (κ3) is 2.85. The van der Waals surface area contributed by atoms with Crippen LogP contribution in [0.4, 0.5) is 0 Å². The van der Waals surface area contributed by atoms with E-state index in [9.17, 15) is 0 Å². The van der Waals surface area contributed by atoms with E-state index in [0.29, 0.717) is 5.92 Å². The molecule has 1 aromatic heterocycles. The van der Waals surface area contributed by atoms with E-state index in [4.69, 9.17) is 4.98 Å². The molecule has 0 aliphatic rings. The van der Waals surface area contributed by atoms with Crippen LogP contribution < -0.4 is 5.32 Å². The van der Waals surface area contributed by atoms with Gasteiger partial charge in [0.2, 0.25) is 0 Å². The van der Waals surface area contributed by atoms with Crippen molar-refractivity contribution in [2.45, 2.75) is 32.7 Å². The summed E-state index contributed by atoms with van der Waals surface area (Å²) < 4.78 is 0. The van der Waals surface area contributed by atoms with Gasteiger partial charge in [0.1, 0.15) is 0 Å². The monoisotopic (exact) mass is 243 g/mol. The summed E-state index contributed by atoms with van der Waals surface area (Å²) in [5, 5.41) is 3.35. The molecule has 1 N–H and O–H groups in total. The molecule has 0 radical (unpaired) electrons. The van der Waals surface area contributed by atoms with Crippen molar-refractivity contribution in [1.82, 2.24) is 15.3 Å². The van der Waals surface area contributed by atoms with Crippen LogP contribution in [-0.4, -0.2) is 17.0 Å². The zero-order chi connectivity index (χ0) is 13.0. The van der Waals surface area contributed by atoms with Crippen LogP contribution in [-0.2, 0) is 0 Å². The number of rotatable bonds is 5. The summed E-state index contributed by atoms with van der Waals surface area (Å²) in [5.74, 6) is 0.690. The lowest BCUT2D eigenvalue weighted by Gasteiger charge is -2.19. The Morgan fingerprint density at radius 3 is 2.61 bits per heavy atom. The normalized spacial score (nSPS) is 14.6. The van der Waals surface area contributed by atoms with E-state index in [0.717, 1.165) is 23.1 Å². The van der Waals surface area contributed by atoms with E-state index < -0.39 is 0 Å². The van der Waals surface area contributed by atoms with Crippen molar-refractivity contribution in [3.63, 3.8) is 0 Å². The van der Waals surface area contributed by atoms with Crippen molar-refractivity contribution in [3.05, 3.63) is 36.2 Å². The largest absolute Gasteiger partial charge is 0.312 e. The number of nitrogens with one attached hydrogen (secondary N) is 1. The maximum absolute atomic E-state index is 4.71. The van der Waals surface area contributed by atoms with Crippen LogP contribution in [0.15, 0.2) is 30.5 Å². The molecular formula is C15H21N3. The zero-order valence-corrected chi connectivity index (χ0v) is 11.4. The van der Waals surface area contributed by atoms with Gasteiger partial charge in [-0.2, -0.15) is 0 Å². The molecular weight excluding hydrogens is 222 g/mol. The van der Waals surface area contributed by atoms with Crippen LogP contribution in [0.25, 0.3) is 11.0 Å². The lowest BCUT2D eigenvalue weighted by Crippen LogP contribution is -2.20. The summed E-state index contributed by atoms with van der Waals surface area (Å²) in [4.78, 5) is 9.19. The van der Waals surface area contributed by atoms with Crippen LogP contribution >= 0.6 is 0 Å². The van der Waals surface area contributed by atoms with Crippen molar-refractivity contribution in [1.29, 1.82) is 0 Å². The minimum absolute atomic E-state index is 0.289. The molecule has 3 heteroatoms. The molecule has 1 aromatic carbocycles. The number of nitrogens with zero attached hydrogens (tertiary/aromatic N) is 2. The maximum Gasteiger partial charge on any atom is 0.0890 e. The van der Waals surface area contributed by atoms with E-state index in [-0.39, 0.29) is 6.04 Å². The van der Waals surface area contributed by atoms with Crippen molar-refractivity contribution >= 4 is 11.0 Å². The Morgan fingerprint density at radius 2 is 1.94 bits per heavy atom. The van der Waals surface area contributed by atoms with E-state index in [1.807, 2.05) is 37.5 Å². The van der Waals surface area contributed by atoms with Gasteiger partial charge in [0, 0.05) is 0 Å². The predicted molar refractivity (Wildman–Crippen MR) is 75.4 cm³/mol. The number of para-hydroxylation sites is 2. The van der Waals surface area contributed by atoms with Crippen LogP contribution in [0.5, 0.6) is 0 Å². The molecule has 0 amide bonds. The molecule has 0 aliphatic heterocycles. The average molecular weight is 243 g/mol. The molecule has 0 saturated heterocycles. The smallest absolute Gasteiger partial charge is 0.0890 e. The van der Waals surface area contributed by atoms with Gasteiger partial charge in [0.05, 0.1) is 29.0 Å². The third-order valence-corrected chi connectivity index (χ3v) is 3.51. The van der Waals surface area contributed by atoms with Gasteiger partial charge in [0.25, 0.3) is 0 Å². The van der Waals surface area contributed by atoms with Gasteiger partial charge in [-0.1, -0.05) is 32.4 Å². The third-order valence-electron chi connectivity index (χ3n) is 3.51. The van der Waals surface area contributed by atoms with E-state index in [2.05, 4.69) is 24.1 Å². The molecule has 2 aromatic rings. The minimum atomic E-state index is 0.289. The molecule has 3 nitrogen and oxygen atoms in total. The summed E-state index contributed by atoms with van der Waals surface area (Å²) in [6, 6.07) is 8.30. The van der Waals surface area contributed by atoms with E-state index in [1.54, 1.807) is 0 Å². The highest BCUT2D eigenvalue weighted by atomic mass is 14.9. The zero-order valence-electron chi connectivity index (χ0n) is 11.4. The molecule has 96 valence electrons. The lowest BCUT2D eigenvalue weighted by atomic mass is 9.97. The van der Waals surface area contributed by atoms with Gasteiger partial charge in [-0.25, -0.2) is 4.98 Å². The van der Waals surface area contributed by atoms with E-state index >= 15 is 0 Å². The molecule has 2 atom stereocenters. The van der Waals surface area contributed by atoms with Gasteiger partial charge in [-0.15, -0.1) is 0 Å². The highest BCUT2D eigenvalue weighted by Crippen LogP contribution is 2.22. The van der Waals surface area contributed by atoms with Crippen LogP contribution in [0.1, 0.15) is 38.4 Å². The molecule has 18 heavy (non-hydrogen) atoms. The van der Waals surface area contributed by atoms with Crippen LogP contribution in [0, 0.1) is 5.92 Å². The standard InChI is InChI=1S/C15H21N3/c1-4-11(2)9-14(16-3)15-10-17-12-7-5-6-8-13(12)18-15/h5-8,10-11,14,16H,4,9H2,1-3H3. The van der Waals surface area contributed by atoms with Gasteiger partial charge in [0.15, 0.2) is 0 Å². The second kappa shape index (κ2) is 5.91. The van der Waals surface area contributed by atoms with Crippen LogP contribution in [0.2, 0.25) is 0 Å². The number of hydrogen-bond donors (Lipinski definition) is 1. The van der Waals surface area contributed by atoms with Crippen molar-refractivity contribution in [2.75, 3.05) is 7.05 Å². The Balaban J connectivity index is 2.27. The summed E-state index contributed by atoms with van der Waals surface area (Å²) in [7, 11) is 1.99. The topological polar surface area (TPSA) is 37.8 Å². The van der Waals surface area contributed by atoms with E-state index in [1.165, 1.54) is 6.42 Å². The second-order valence-corrected chi connectivity index (χ2v) is 4.87. The Labute approximate surface area is 109 Å². The molecule has 0 aliphatic carbocycles. The summed E-state index contributed by atoms with van der Waals surface area (Å²) in [5.41, 5.74) is 2.97. The molecule has 0 spiro atoms. The molecule has 1 heterocycles. The SMILES string of the molecule is CCC(C)CC(NC)c1cnc2ccccc2n1. The Hall–Kier alpha value is -1.48. The molecule has 0 fully saturated rings. The lowest BCUT2D eigenvalue weighted by molar-refractivity contribution is 0.416. The fraction of sp³-hybridized carbons (Fsp3) is 0.467. The number of aromatic nitrogens is 2.